The molecule has 2 atom stereocenters. The molecular weight excluding hydrogens is 388 g/mol. The highest BCUT2D eigenvalue weighted by atomic mass is 32.1. The van der Waals surface area contributed by atoms with E-state index >= 15 is 0 Å². The zero-order chi connectivity index (χ0) is 20.8. The van der Waals surface area contributed by atoms with Crippen molar-refractivity contribution in [2.24, 2.45) is 11.8 Å². The SMILES string of the molecule is CN(C(=O)c1cccs1)[C@H](Cc1ccccc1)C1CCN(C[C@@H]2CC=CCC2)CC1. The summed E-state index contributed by atoms with van der Waals surface area (Å²) in [6, 6.07) is 14.8. The number of amides is 1. The number of allylic oxidation sites excluding steroid dienone is 2. The van der Waals surface area contributed by atoms with E-state index in [4.69, 9.17) is 0 Å². The molecular formula is C26H34N2OS. The van der Waals surface area contributed by atoms with Crippen molar-refractivity contribution >= 4 is 17.2 Å². The molecule has 0 radical (unpaired) electrons. The van der Waals surface area contributed by atoms with Gasteiger partial charge in [0.15, 0.2) is 0 Å². The van der Waals surface area contributed by atoms with E-state index in [0.29, 0.717) is 5.92 Å². The maximum absolute atomic E-state index is 13.1. The first kappa shape index (κ1) is 21.3. The summed E-state index contributed by atoms with van der Waals surface area (Å²) in [4.78, 5) is 18.7. The second kappa shape index (κ2) is 10.4. The Bertz CT molecular complexity index is 809. The Morgan fingerprint density at radius 3 is 2.57 bits per heavy atom. The molecule has 0 N–H and O–H groups in total. The lowest BCUT2D eigenvalue weighted by atomic mass is 9.84. The molecule has 1 aromatic heterocycles. The van der Waals surface area contributed by atoms with Gasteiger partial charge in [-0.15, -0.1) is 11.3 Å². The van der Waals surface area contributed by atoms with Crippen molar-refractivity contribution in [3.63, 3.8) is 0 Å². The number of hydrogen-bond acceptors (Lipinski definition) is 3. The molecule has 30 heavy (non-hydrogen) atoms. The number of likely N-dealkylation sites (N-methyl/N-ethyl adjacent to an activating group) is 1. The number of carbonyl (C=O) groups excluding carboxylic acids is 1. The fourth-order valence-electron chi connectivity index (χ4n) is 5.11. The van der Waals surface area contributed by atoms with Crippen LogP contribution >= 0.6 is 11.3 Å². The Morgan fingerprint density at radius 2 is 1.90 bits per heavy atom. The monoisotopic (exact) mass is 422 g/mol. The van der Waals surface area contributed by atoms with Crippen LogP contribution in [0.2, 0.25) is 0 Å². The summed E-state index contributed by atoms with van der Waals surface area (Å²) in [5.41, 5.74) is 1.32. The summed E-state index contributed by atoms with van der Waals surface area (Å²) in [6.45, 7) is 3.57. The molecule has 1 saturated heterocycles. The quantitative estimate of drug-likeness (QED) is 0.550. The topological polar surface area (TPSA) is 23.6 Å². The Hall–Kier alpha value is -1.91. The Kier molecular flexibility index (Phi) is 7.40. The number of thiophene rings is 1. The van der Waals surface area contributed by atoms with Crippen LogP contribution in [0.3, 0.4) is 0 Å². The molecule has 1 fully saturated rings. The molecule has 1 aliphatic heterocycles. The van der Waals surface area contributed by atoms with E-state index in [0.717, 1.165) is 30.3 Å². The Labute approximate surface area is 185 Å². The molecule has 4 heteroatoms. The lowest BCUT2D eigenvalue weighted by Gasteiger charge is -2.41. The summed E-state index contributed by atoms with van der Waals surface area (Å²) >= 11 is 1.54. The lowest BCUT2D eigenvalue weighted by Crippen LogP contribution is -2.48. The molecule has 0 spiro atoms. The van der Waals surface area contributed by atoms with Gasteiger partial charge in [0.2, 0.25) is 0 Å². The van der Waals surface area contributed by atoms with Gasteiger partial charge >= 0.3 is 0 Å². The number of rotatable bonds is 7. The molecule has 0 unspecified atom stereocenters. The second-order valence-corrected chi connectivity index (χ2v) is 9.89. The molecule has 4 rings (SSSR count). The van der Waals surface area contributed by atoms with Crippen molar-refractivity contribution in [3.05, 3.63) is 70.4 Å². The van der Waals surface area contributed by atoms with Crippen molar-refractivity contribution in [1.82, 2.24) is 9.80 Å². The molecule has 0 bridgehead atoms. The van der Waals surface area contributed by atoms with Crippen LogP contribution < -0.4 is 0 Å². The Balaban J connectivity index is 1.41. The molecule has 160 valence electrons. The third-order valence-corrected chi connectivity index (χ3v) is 7.77. The fraction of sp³-hybridized carbons (Fsp3) is 0.500. The highest BCUT2D eigenvalue weighted by Crippen LogP contribution is 2.29. The number of carbonyl (C=O) groups is 1. The van der Waals surface area contributed by atoms with Crippen LogP contribution in [0.4, 0.5) is 0 Å². The summed E-state index contributed by atoms with van der Waals surface area (Å²) < 4.78 is 0. The van der Waals surface area contributed by atoms with Crippen LogP contribution in [0, 0.1) is 11.8 Å². The van der Waals surface area contributed by atoms with E-state index in [1.807, 2.05) is 29.5 Å². The van der Waals surface area contributed by atoms with Gasteiger partial charge in [0.05, 0.1) is 4.88 Å². The number of nitrogens with zero attached hydrogens (tertiary/aromatic N) is 2. The van der Waals surface area contributed by atoms with Crippen LogP contribution in [0.1, 0.15) is 47.3 Å². The standard InChI is InChI=1S/C26H34N2OS/c1-27(26(29)25-13-8-18-30-25)24(19-21-9-4-2-5-10-21)23-14-16-28(17-15-23)20-22-11-6-3-7-12-22/h2-6,8-10,13,18,22-24H,7,11-12,14-17,19-20H2,1H3/t22-,24-/m1/s1. The first-order valence-corrected chi connectivity index (χ1v) is 12.3. The van der Waals surface area contributed by atoms with Gasteiger partial charge in [0.25, 0.3) is 5.91 Å². The highest BCUT2D eigenvalue weighted by molar-refractivity contribution is 7.12. The van der Waals surface area contributed by atoms with E-state index in [2.05, 4.69) is 47.4 Å². The van der Waals surface area contributed by atoms with Crippen LogP contribution in [0.25, 0.3) is 0 Å². The molecule has 1 aromatic carbocycles. The average molecular weight is 423 g/mol. The normalized spacial score (nSPS) is 21.4. The Morgan fingerprint density at radius 1 is 1.10 bits per heavy atom. The van der Waals surface area contributed by atoms with Gasteiger partial charge in [-0.2, -0.15) is 0 Å². The number of benzene rings is 1. The average Bonchev–Trinajstić information content (AvgIpc) is 3.34. The van der Waals surface area contributed by atoms with Gasteiger partial charge in [-0.05, 0) is 80.5 Å². The molecule has 2 aliphatic rings. The van der Waals surface area contributed by atoms with Crippen LogP contribution in [-0.2, 0) is 6.42 Å². The van der Waals surface area contributed by atoms with E-state index in [1.54, 1.807) is 11.3 Å². The van der Waals surface area contributed by atoms with E-state index in [-0.39, 0.29) is 11.9 Å². The maximum Gasteiger partial charge on any atom is 0.263 e. The van der Waals surface area contributed by atoms with Gasteiger partial charge in [-0.3, -0.25) is 4.79 Å². The molecule has 3 nitrogen and oxygen atoms in total. The van der Waals surface area contributed by atoms with Crippen molar-refractivity contribution in [1.29, 1.82) is 0 Å². The minimum atomic E-state index is 0.169. The maximum atomic E-state index is 13.1. The minimum absolute atomic E-state index is 0.169. The zero-order valence-electron chi connectivity index (χ0n) is 18.1. The van der Waals surface area contributed by atoms with Gasteiger partial charge in [-0.25, -0.2) is 0 Å². The molecule has 2 aromatic rings. The summed E-state index contributed by atoms with van der Waals surface area (Å²) in [5, 5.41) is 1.99. The second-order valence-electron chi connectivity index (χ2n) is 8.94. The summed E-state index contributed by atoms with van der Waals surface area (Å²) in [6.07, 6.45) is 11.8. The lowest BCUT2D eigenvalue weighted by molar-refractivity contribution is 0.0580. The smallest absolute Gasteiger partial charge is 0.263 e. The fourth-order valence-corrected chi connectivity index (χ4v) is 5.81. The number of piperidine rings is 1. The van der Waals surface area contributed by atoms with Crippen molar-refractivity contribution in [3.8, 4) is 0 Å². The van der Waals surface area contributed by atoms with Crippen molar-refractivity contribution < 1.29 is 4.79 Å². The molecule has 0 saturated carbocycles. The van der Waals surface area contributed by atoms with Crippen molar-refractivity contribution in [2.45, 2.75) is 44.6 Å². The molecule has 1 aliphatic carbocycles. The third-order valence-electron chi connectivity index (χ3n) is 6.91. The first-order chi connectivity index (χ1) is 14.7. The summed E-state index contributed by atoms with van der Waals surface area (Å²) in [5.74, 6) is 1.55. The molecule has 2 heterocycles. The van der Waals surface area contributed by atoms with Gasteiger partial charge in [-0.1, -0.05) is 48.6 Å². The first-order valence-electron chi connectivity index (χ1n) is 11.4. The van der Waals surface area contributed by atoms with Crippen LogP contribution in [-0.4, -0.2) is 48.4 Å². The predicted octanol–water partition coefficient (Wildman–Crippen LogP) is 5.50. The van der Waals surface area contributed by atoms with Gasteiger partial charge in [0.1, 0.15) is 0 Å². The molecule has 1 amide bonds. The van der Waals surface area contributed by atoms with Crippen LogP contribution in [0.5, 0.6) is 0 Å². The predicted molar refractivity (Wildman–Crippen MR) is 126 cm³/mol. The number of hydrogen-bond donors (Lipinski definition) is 0. The minimum Gasteiger partial charge on any atom is -0.337 e. The largest absolute Gasteiger partial charge is 0.337 e. The van der Waals surface area contributed by atoms with E-state index in [9.17, 15) is 4.79 Å². The highest BCUT2D eigenvalue weighted by Gasteiger charge is 2.32. The van der Waals surface area contributed by atoms with E-state index < -0.39 is 0 Å². The van der Waals surface area contributed by atoms with Crippen molar-refractivity contribution in [2.75, 3.05) is 26.7 Å². The van der Waals surface area contributed by atoms with Gasteiger partial charge < -0.3 is 9.80 Å². The zero-order valence-corrected chi connectivity index (χ0v) is 18.9. The van der Waals surface area contributed by atoms with Gasteiger partial charge in [0, 0.05) is 19.6 Å². The summed E-state index contributed by atoms with van der Waals surface area (Å²) in [7, 11) is 2.01. The van der Waals surface area contributed by atoms with E-state index in [1.165, 1.54) is 44.2 Å². The van der Waals surface area contributed by atoms with Crippen LogP contribution in [0.15, 0.2) is 60.0 Å². The number of likely N-dealkylation sites (tertiary alicyclic amines) is 1. The third kappa shape index (κ3) is 5.41.